The molecule has 0 radical (unpaired) electrons. The van der Waals surface area contributed by atoms with Crippen LogP contribution in [0.3, 0.4) is 0 Å². The van der Waals surface area contributed by atoms with E-state index in [4.69, 9.17) is 4.98 Å². The average Bonchev–Trinajstić information content (AvgIpc) is 3.34. The molecule has 5 rings (SSSR count). The van der Waals surface area contributed by atoms with Gasteiger partial charge in [-0.05, 0) is 35.4 Å². The molecular formula is C26H23N4O2S2+. The van der Waals surface area contributed by atoms with Gasteiger partial charge >= 0.3 is 0 Å². The van der Waals surface area contributed by atoms with E-state index in [1.807, 2.05) is 78.6 Å². The minimum absolute atomic E-state index is 0.0632. The topological polar surface area (TPSA) is 67.9 Å². The Morgan fingerprint density at radius 1 is 1.06 bits per heavy atom. The van der Waals surface area contributed by atoms with Gasteiger partial charge in [0.15, 0.2) is 17.6 Å². The van der Waals surface area contributed by atoms with Crippen LogP contribution in [0, 0.1) is 0 Å². The lowest BCUT2D eigenvalue weighted by atomic mass is 10.1. The number of carbonyl (C=O) groups is 1. The van der Waals surface area contributed by atoms with Gasteiger partial charge in [-0.15, -0.1) is 11.8 Å². The number of nitrogens with one attached hydrogen (secondary N) is 1. The zero-order chi connectivity index (χ0) is 23.5. The Kier molecular flexibility index (Phi) is 6.51. The van der Waals surface area contributed by atoms with Gasteiger partial charge in [0.1, 0.15) is 7.05 Å². The molecule has 1 amide bonds. The molecule has 0 saturated carbocycles. The van der Waals surface area contributed by atoms with E-state index >= 15 is 0 Å². The molecule has 0 unspecified atom stereocenters. The molecule has 0 aliphatic carbocycles. The number of benzene rings is 2. The standard InChI is InChI=1S/C26H22N4O2S2/c1-29-14-11-19(12-15-29)18-7-9-20(10-8-18)27-23(31)17-34-26-28-22-13-16-33-24(22)25(32)30(26)21-5-3-2-4-6-21/h2-12,14-15H,13,16-17H2,1H3/p+1. The maximum atomic E-state index is 13.2. The van der Waals surface area contributed by atoms with Gasteiger partial charge in [0.05, 0.1) is 22.0 Å². The van der Waals surface area contributed by atoms with Crippen LogP contribution in [-0.2, 0) is 18.3 Å². The number of fused-ring (bicyclic) bond motifs is 1. The Balaban J connectivity index is 1.31. The van der Waals surface area contributed by atoms with Crippen LogP contribution in [0.2, 0.25) is 0 Å². The molecule has 0 fully saturated rings. The number of hydrogen-bond donors (Lipinski definition) is 1. The molecule has 1 N–H and O–H groups in total. The average molecular weight is 488 g/mol. The van der Waals surface area contributed by atoms with Crippen LogP contribution < -0.4 is 15.4 Å². The number of pyridine rings is 1. The SMILES string of the molecule is C[n+]1ccc(-c2ccc(NC(=O)CSc3nc4c(c(=O)n3-c3ccccc3)SCC4)cc2)cc1. The van der Waals surface area contributed by atoms with Crippen molar-refractivity contribution in [1.82, 2.24) is 9.55 Å². The molecule has 34 heavy (non-hydrogen) atoms. The fourth-order valence-electron chi connectivity index (χ4n) is 3.76. The second-order valence-corrected chi connectivity index (χ2v) is 9.96. The molecule has 0 atom stereocenters. The number of para-hydroxylation sites is 1. The van der Waals surface area contributed by atoms with Crippen LogP contribution in [0.25, 0.3) is 16.8 Å². The van der Waals surface area contributed by atoms with Crippen molar-refractivity contribution < 1.29 is 9.36 Å². The first kappa shape index (κ1) is 22.4. The highest BCUT2D eigenvalue weighted by Gasteiger charge is 2.23. The summed E-state index contributed by atoms with van der Waals surface area (Å²) in [6.45, 7) is 0. The lowest BCUT2D eigenvalue weighted by molar-refractivity contribution is -0.671. The number of amides is 1. The van der Waals surface area contributed by atoms with Crippen LogP contribution in [-0.4, -0.2) is 27.0 Å². The second kappa shape index (κ2) is 9.87. The summed E-state index contributed by atoms with van der Waals surface area (Å²) >= 11 is 2.83. The number of thioether (sulfide) groups is 2. The smallest absolute Gasteiger partial charge is 0.272 e. The van der Waals surface area contributed by atoms with E-state index in [1.165, 1.54) is 11.8 Å². The number of aromatic nitrogens is 3. The van der Waals surface area contributed by atoms with Gasteiger partial charge in [0, 0.05) is 30.0 Å². The molecule has 0 saturated heterocycles. The van der Waals surface area contributed by atoms with E-state index in [0.29, 0.717) is 10.1 Å². The maximum absolute atomic E-state index is 13.2. The zero-order valence-corrected chi connectivity index (χ0v) is 20.2. The van der Waals surface area contributed by atoms with Crippen LogP contribution in [0.5, 0.6) is 0 Å². The molecule has 3 heterocycles. The van der Waals surface area contributed by atoms with Gasteiger partial charge in [-0.2, -0.15) is 0 Å². The number of nitrogens with zero attached hydrogens (tertiary/aromatic N) is 3. The highest BCUT2D eigenvalue weighted by atomic mass is 32.2. The third kappa shape index (κ3) is 4.78. The number of anilines is 1. The molecule has 170 valence electrons. The van der Waals surface area contributed by atoms with Gasteiger partial charge in [0.25, 0.3) is 5.56 Å². The summed E-state index contributed by atoms with van der Waals surface area (Å²) in [6, 6.07) is 21.3. The number of carbonyl (C=O) groups excluding carboxylic acids is 1. The van der Waals surface area contributed by atoms with Crippen molar-refractivity contribution in [2.75, 3.05) is 16.8 Å². The van der Waals surface area contributed by atoms with Crippen LogP contribution in [0.1, 0.15) is 5.69 Å². The molecule has 0 bridgehead atoms. The first-order valence-corrected chi connectivity index (χ1v) is 12.9. The molecule has 2 aromatic carbocycles. The van der Waals surface area contributed by atoms with E-state index in [-0.39, 0.29) is 17.2 Å². The van der Waals surface area contributed by atoms with Crippen LogP contribution in [0.4, 0.5) is 5.69 Å². The predicted octanol–water partition coefficient (Wildman–Crippen LogP) is 4.10. The second-order valence-electron chi connectivity index (χ2n) is 7.91. The van der Waals surface area contributed by atoms with Gasteiger partial charge in [-0.25, -0.2) is 9.55 Å². The van der Waals surface area contributed by atoms with Crippen molar-refractivity contribution in [2.24, 2.45) is 7.05 Å². The number of rotatable bonds is 6. The third-order valence-corrected chi connectivity index (χ3v) is 7.54. The van der Waals surface area contributed by atoms with E-state index < -0.39 is 0 Å². The first-order valence-electron chi connectivity index (χ1n) is 10.9. The van der Waals surface area contributed by atoms with Crippen molar-refractivity contribution in [3.63, 3.8) is 0 Å². The minimum atomic E-state index is -0.145. The van der Waals surface area contributed by atoms with Crippen molar-refractivity contribution >= 4 is 35.1 Å². The lowest BCUT2D eigenvalue weighted by Gasteiger charge is -2.13. The Morgan fingerprint density at radius 2 is 1.76 bits per heavy atom. The third-order valence-electron chi connectivity index (χ3n) is 5.49. The molecule has 6 nitrogen and oxygen atoms in total. The fourth-order valence-corrected chi connectivity index (χ4v) is 5.61. The van der Waals surface area contributed by atoms with E-state index in [9.17, 15) is 9.59 Å². The maximum Gasteiger partial charge on any atom is 0.272 e. The Morgan fingerprint density at radius 3 is 2.50 bits per heavy atom. The summed E-state index contributed by atoms with van der Waals surface area (Å²) in [7, 11) is 1.98. The summed E-state index contributed by atoms with van der Waals surface area (Å²) in [5.41, 5.74) is 4.45. The summed E-state index contributed by atoms with van der Waals surface area (Å²) in [6.07, 6.45) is 4.78. The Labute approximate surface area is 206 Å². The predicted molar refractivity (Wildman–Crippen MR) is 137 cm³/mol. The Bertz CT molecular complexity index is 1390. The lowest BCUT2D eigenvalue weighted by Crippen LogP contribution is -2.25. The van der Waals surface area contributed by atoms with Gasteiger partial charge in [0.2, 0.25) is 5.91 Å². The van der Waals surface area contributed by atoms with Crippen molar-refractivity contribution in [3.05, 3.63) is 95.2 Å². The molecule has 8 heteroatoms. The molecule has 0 spiro atoms. The van der Waals surface area contributed by atoms with Gasteiger partial charge in [-0.1, -0.05) is 42.1 Å². The van der Waals surface area contributed by atoms with E-state index in [0.717, 1.165) is 40.4 Å². The summed E-state index contributed by atoms with van der Waals surface area (Å²) in [5.74, 6) is 0.869. The largest absolute Gasteiger partial charge is 0.325 e. The molecule has 1 aliphatic heterocycles. The summed E-state index contributed by atoms with van der Waals surface area (Å²) in [4.78, 5) is 31.3. The van der Waals surface area contributed by atoms with Crippen molar-refractivity contribution in [3.8, 4) is 16.8 Å². The number of hydrogen-bond acceptors (Lipinski definition) is 5. The van der Waals surface area contributed by atoms with Crippen molar-refractivity contribution in [1.29, 1.82) is 0 Å². The van der Waals surface area contributed by atoms with Gasteiger partial charge < -0.3 is 5.32 Å². The van der Waals surface area contributed by atoms with Crippen molar-refractivity contribution in [2.45, 2.75) is 16.5 Å². The Hall–Kier alpha value is -3.36. The molecule has 2 aromatic heterocycles. The summed E-state index contributed by atoms with van der Waals surface area (Å²) < 4.78 is 3.60. The van der Waals surface area contributed by atoms with Crippen LogP contribution >= 0.6 is 23.5 Å². The highest BCUT2D eigenvalue weighted by molar-refractivity contribution is 8.00. The molecule has 4 aromatic rings. The first-order chi connectivity index (χ1) is 16.6. The van der Waals surface area contributed by atoms with Crippen LogP contribution in [0.15, 0.2) is 94.0 Å². The fraction of sp³-hybridized carbons (Fsp3) is 0.154. The van der Waals surface area contributed by atoms with E-state index in [1.54, 1.807) is 16.3 Å². The zero-order valence-electron chi connectivity index (χ0n) is 18.6. The quantitative estimate of drug-likeness (QED) is 0.252. The minimum Gasteiger partial charge on any atom is -0.325 e. The summed E-state index contributed by atoms with van der Waals surface area (Å²) in [5, 5.41) is 3.48. The number of aryl methyl sites for hydroxylation is 2. The van der Waals surface area contributed by atoms with E-state index in [2.05, 4.69) is 17.4 Å². The normalized spacial score (nSPS) is 12.4. The highest BCUT2D eigenvalue weighted by Crippen LogP contribution is 2.30. The molecular weight excluding hydrogens is 464 g/mol. The molecule has 1 aliphatic rings. The monoisotopic (exact) mass is 487 g/mol. The van der Waals surface area contributed by atoms with Gasteiger partial charge in [-0.3, -0.25) is 14.2 Å².